The van der Waals surface area contributed by atoms with Crippen molar-refractivity contribution in [2.24, 2.45) is 10.9 Å². The van der Waals surface area contributed by atoms with Crippen LogP contribution in [0.5, 0.6) is 5.75 Å². The summed E-state index contributed by atoms with van der Waals surface area (Å²) in [6.45, 7) is 0.499. The molecule has 2 aromatic rings. The van der Waals surface area contributed by atoms with Gasteiger partial charge in [0, 0.05) is 11.9 Å². The highest BCUT2D eigenvalue weighted by Gasteiger charge is 2.27. The van der Waals surface area contributed by atoms with Gasteiger partial charge < -0.3 is 14.6 Å². The molecule has 140 valence electrons. The molecule has 1 unspecified atom stereocenters. The lowest BCUT2D eigenvalue weighted by Gasteiger charge is -2.24. The van der Waals surface area contributed by atoms with Gasteiger partial charge in [-0.05, 0) is 23.3 Å². The molecule has 1 N–H and O–H groups in total. The molecule has 2 aliphatic rings. The van der Waals surface area contributed by atoms with Crippen LogP contribution in [0.3, 0.4) is 0 Å². The first-order chi connectivity index (χ1) is 13.7. The van der Waals surface area contributed by atoms with E-state index in [2.05, 4.69) is 15.3 Å². The average Bonchev–Trinajstić information content (AvgIpc) is 2.71. The van der Waals surface area contributed by atoms with Gasteiger partial charge in [0.15, 0.2) is 0 Å². The van der Waals surface area contributed by atoms with Crippen molar-refractivity contribution in [3.8, 4) is 5.75 Å². The molecule has 0 saturated carbocycles. The van der Waals surface area contributed by atoms with E-state index in [0.29, 0.717) is 18.2 Å². The highest BCUT2D eigenvalue weighted by atomic mass is 16.5. The minimum absolute atomic E-state index is 0.163. The number of nitrogens with one attached hydrogen (secondary N) is 1. The molecule has 7 heteroatoms. The number of dihydropyridines is 1. The highest BCUT2D eigenvalue weighted by molar-refractivity contribution is 5.98. The molecule has 1 aliphatic heterocycles. The summed E-state index contributed by atoms with van der Waals surface area (Å²) in [5.41, 5.74) is 2.07. The number of carbonyl (C=O) groups excluding carboxylic acids is 1. The summed E-state index contributed by atoms with van der Waals surface area (Å²) >= 11 is 0. The van der Waals surface area contributed by atoms with Crippen LogP contribution >= 0.6 is 0 Å². The Morgan fingerprint density at radius 3 is 2.79 bits per heavy atom. The van der Waals surface area contributed by atoms with E-state index in [9.17, 15) is 9.59 Å². The minimum atomic E-state index is -0.465. The summed E-state index contributed by atoms with van der Waals surface area (Å²) in [4.78, 5) is 32.3. The molecule has 1 aromatic heterocycles. The first-order valence-corrected chi connectivity index (χ1v) is 8.79. The lowest BCUT2D eigenvalue weighted by Crippen LogP contribution is -2.25. The number of aromatic nitrogens is 2. The topological polar surface area (TPSA) is 85.6 Å². The fraction of sp³-hybridized carbons (Fsp3) is 0.143. The smallest absolute Gasteiger partial charge is 0.316 e. The third kappa shape index (κ3) is 3.42. The number of amides is 1. The molecule has 4 rings (SSSR count). The average molecular weight is 374 g/mol. The van der Waals surface area contributed by atoms with Crippen molar-refractivity contribution in [3.05, 3.63) is 88.0 Å². The Hall–Kier alpha value is -3.74. The molecule has 0 spiro atoms. The molecule has 0 saturated heterocycles. The number of rotatable bonds is 5. The summed E-state index contributed by atoms with van der Waals surface area (Å²) in [5, 5.41) is 3.21. The number of nitrogens with zero attached hydrogens (tertiary/aromatic N) is 3. The van der Waals surface area contributed by atoms with Crippen LogP contribution in [0.4, 0.5) is 5.95 Å². The van der Waals surface area contributed by atoms with E-state index in [-0.39, 0.29) is 11.7 Å². The van der Waals surface area contributed by atoms with E-state index in [4.69, 9.17) is 4.74 Å². The molecule has 1 aliphatic carbocycles. The molecule has 0 bridgehead atoms. The normalized spacial score (nSPS) is 17.6. The monoisotopic (exact) mass is 374 g/mol. The molecule has 1 amide bonds. The molecule has 7 nitrogen and oxygen atoms in total. The maximum atomic E-state index is 12.2. The molecular weight excluding hydrogens is 356 g/mol. The molecule has 1 atom stereocenters. The van der Waals surface area contributed by atoms with E-state index >= 15 is 0 Å². The zero-order valence-corrected chi connectivity index (χ0v) is 15.2. The number of hydrogen-bond acceptors (Lipinski definition) is 5. The van der Waals surface area contributed by atoms with Gasteiger partial charge in [-0.1, -0.05) is 42.5 Å². The Bertz CT molecular complexity index is 1090. The summed E-state index contributed by atoms with van der Waals surface area (Å²) < 4.78 is 6.95. The van der Waals surface area contributed by atoms with Crippen molar-refractivity contribution in [1.82, 2.24) is 9.55 Å². The van der Waals surface area contributed by atoms with Gasteiger partial charge in [0.2, 0.25) is 11.7 Å². The zero-order valence-electron chi connectivity index (χ0n) is 15.2. The Morgan fingerprint density at radius 2 is 2.00 bits per heavy atom. The number of carbonyl (C=O) groups is 1. The maximum absolute atomic E-state index is 12.2. The minimum Gasteiger partial charge on any atom is -0.490 e. The molecule has 2 heterocycles. The van der Waals surface area contributed by atoms with Crippen molar-refractivity contribution in [3.63, 3.8) is 0 Å². The summed E-state index contributed by atoms with van der Waals surface area (Å²) in [6.07, 6.45) is 10.3. The lowest BCUT2D eigenvalue weighted by atomic mass is 9.89. The molecular formula is C21H18N4O3. The summed E-state index contributed by atoms with van der Waals surface area (Å²) in [6, 6.07) is 9.83. The third-order valence-corrected chi connectivity index (χ3v) is 4.56. The summed E-state index contributed by atoms with van der Waals surface area (Å²) in [5.74, 6) is -0.113. The van der Waals surface area contributed by atoms with Crippen LogP contribution in [0.2, 0.25) is 0 Å². The first-order valence-electron chi connectivity index (χ1n) is 8.79. The van der Waals surface area contributed by atoms with E-state index in [1.54, 1.807) is 24.4 Å². The van der Waals surface area contributed by atoms with Crippen LogP contribution in [0.15, 0.2) is 81.9 Å². The van der Waals surface area contributed by atoms with Crippen molar-refractivity contribution in [2.75, 3.05) is 12.4 Å². The van der Waals surface area contributed by atoms with Gasteiger partial charge >= 0.3 is 5.56 Å². The largest absolute Gasteiger partial charge is 0.490 e. The van der Waals surface area contributed by atoms with Crippen LogP contribution in [-0.2, 0) is 11.3 Å². The number of ether oxygens (including phenoxy) is 1. The number of fused-ring (bicyclic) bond motifs is 1. The lowest BCUT2D eigenvalue weighted by molar-refractivity contribution is -0.119. The van der Waals surface area contributed by atoms with Gasteiger partial charge in [0.05, 0.1) is 25.8 Å². The SMILES string of the molecule is COc1cn(Cc2ccccc2)c(NC2=CC=CC3C(=O)N=CC=C23)nc1=O. The molecule has 28 heavy (non-hydrogen) atoms. The Kier molecular flexibility index (Phi) is 4.72. The number of benzene rings is 1. The Balaban J connectivity index is 1.72. The predicted octanol–water partition coefficient (Wildman–Crippen LogP) is 2.32. The standard InChI is InChI=1S/C21H18N4O3/c1-28-18-13-25(12-14-6-3-2-4-7-14)21(24-20(18)27)23-17-9-5-8-16-15(17)10-11-22-19(16)26/h2-11,13,16H,12H2,1H3,(H,23,24,27). The number of allylic oxidation sites excluding steroid dienone is 4. The van der Waals surface area contributed by atoms with Crippen LogP contribution < -0.4 is 15.6 Å². The van der Waals surface area contributed by atoms with Gasteiger partial charge in [0.25, 0.3) is 5.91 Å². The maximum Gasteiger partial charge on any atom is 0.316 e. The second-order valence-electron chi connectivity index (χ2n) is 6.36. The number of anilines is 1. The van der Waals surface area contributed by atoms with Crippen LogP contribution in [-0.4, -0.2) is 28.8 Å². The highest BCUT2D eigenvalue weighted by Crippen LogP contribution is 2.29. The van der Waals surface area contributed by atoms with Crippen LogP contribution in [0.1, 0.15) is 5.56 Å². The van der Waals surface area contributed by atoms with Gasteiger partial charge in [-0.15, -0.1) is 0 Å². The van der Waals surface area contributed by atoms with E-state index < -0.39 is 11.5 Å². The van der Waals surface area contributed by atoms with Gasteiger partial charge in [-0.25, -0.2) is 4.99 Å². The van der Waals surface area contributed by atoms with Gasteiger partial charge in [-0.3, -0.25) is 9.59 Å². The summed E-state index contributed by atoms with van der Waals surface area (Å²) in [7, 11) is 1.44. The van der Waals surface area contributed by atoms with Crippen molar-refractivity contribution < 1.29 is 9.53 Å². The molecule has 0 radical (unpaired) electrons. The fourth-order valence-corrected chi connectivity index (χ4v) is 3.16. The zero-order chi connectivity index (χ0) is 19.5. The Labute approximate surface area is 161 Å². The molecule has 0 fully saturated rings. The predicted molar refractivity (Wildman–Crippen MR) is 107 cm³/mol. The van der Waals surface area contributed by atoms with Crippen molar-refractivity contribution in [2.45, 2.75) is 6.54 Å². The third-order valence-electron chi connectivity index (χ3n) is 4.56. The van der Waals surface area contributed by atoms with E-state index in [1.165, 1.54) is 13.3 Å². The van der Waals surface area contributed by atoms with Gasteiger partial charge in [0.1, 0.15) is 0 Å². The fourth-order valence-electron chi connectivity index (χ4n) is 3.16. The van der Waals surface area contributed by atoms with Crippen molar-refractivity contribution >= 4 is 18.1 Å². The number of hydrogen-bond donors (Lipinski definition) is 1. The first kappa shape index (κ1) is 17.7. The van der Waals surface area contributed by atoms with Crippen LogP contribution in [0.25, 0.3) is 0 Å². The van der Waals surface area contributed by atoms with Gasteiger partial charge in [-0.2, -0.15) is 4.98 Å². The van der Waals surface area contributed by atoms with E-state index in [1.807, 2.05) is 41.0 Å². The second-order valence-corrected chi connectivity index (χ2v) is 6.36. The quantitative estimate of drug-likeness (QED) is 0.868. The van der Waals surface area contributed by atoms with E-state index in [0.717, 1.165) is 11.1 Å². The van der Waals surface area contributed by atoms with Crippen molar-refractivity contribution in [1.29, 1.82) is 0 Å². The Morgan fingerprint density at radius 1 is 1.18 bits per heavy atom. The number of methoxy groups -OCH3 is 1. The molecule has 1 aromatic carbocycles. The van der Waals surface area contributed by atoms with Crippen LogP contribution in [0, 0.1) is 5.92 Å². The second kappa shape index (κ2) is 7.48. The number of aliphatic imine (C=N–C) groups is 1.